The highest BCUT2D eigenvalue weighted by atomic mass is 35.5. The van der Waals surface area contributed by atoms with Gasteiger partial charge in [0.15, 0.2) is 0 Å². The molecule has 0 atom stereocenters. The Kier molecular flexibility index (Phi) is 1.77. The van der Waals surface area contributed by atoms with E-state index in [9.17, 15) is 8.78 Å². The molecule has 2 nitrogen and oxygen atoms in total. The van der Waals surface area contributed by atoms with Crippen molar-refractivity contribution in [3.05, 3.63) is 23.2 Å². The normalized spacial score (nSPS) is 36.5. The minimum absolute atomic E-state index is 0.147. The maximum atomic E-state index is 13.3. The highest BCUT2D eigenvalue weighted by Gasteiger charge is 2.76. The first-order chi connectivity index (χ1) is 7.37. The van der Waals surface area contributed by atoms with Crippen LogP contribution in [0.5, 0.6) is 0 Å². The Morgan fingerprint density at radius 1 is 1.31 bits per heavy atom. The number of aromatic nitrogens is 2. The van der Waals surface area contributed by atoms with Crippen molar-refractivity contribution in [1.29, 1.82) is 0 Å². The molecule has 0 spiro atoms. The lowest BCUT2D eigenvalue weighted by Gasteiger charge is -2.71. The number of alkyl halides is 2. The molecule has 0 radical (unpaired) electrons. The Balaban J connectivity index is 1.84. The standard InChI is InChI=1S/C11H11ClF2N2/c1-9(13,14)11-3-10(4-11,5-11)7-2-8(12)16-6-15-7/h2,6H,3-5H2,1H3. The summed E-state index contributed by atoms with van der Waals surface area (Å²) in [6.45, 7) is 1.02. The van der Waals surface area contributed by atoms with E-state index in [0.717, 1.165) is 12.6 Å². The number of hydrogen-bond donors (Lipinski definition) is 0. The van der Waals surface area contributed by atoms with Crippen molar-refractivity contribution in [1.82, 2.24) is 9.97 Å². The molecule has 3 aliphatic carbocycles. The lowest BCUT2D eigenvalue weighted by molar-refractivity contribution is -0.273. The van der Waals surface area contributed by atoms with Crippen LogP contribution in [0.2, 0.25) is 5.15 Å². The predicted molar refractivity (Wildman–Crippen MR) is 55.6 cm³/mol. The highest BCUT2D eigenvalue weighted by molar-refractivity contribution is 6.29. The number of rotatable bonds is 2. The Morgan fingerprint density at radius 3 is 2.44 bits per heavy atom. The van der Waals surface area contributed by atoms with Crippen LogP contribution >= 0.6 is 11.6 Å². The van der Waals surface area contributed by atoms with Gasteiger partial charge < -0.3 is 0 Å². The van der Waals surface area contributed by atoms with E-state index in [1.54, 1.807) is 6.07 Å². The van der Waals surface area contributed by atoms with Gasteiger partial charge in [0.2, 0.25) is 0 Å². The second kappa shape index (κ2) is 2.73. The van der Waals surface area contributed by atoms with Crippen LogP contribution in [0, 0.1) is 5.41 Å². The molecule has 3 saturated carbocycles. The molecule has 3 aliphatic rings. The van der Waals surface area contributed by atoms with Gasteiger partial charge in [-0.25, -0.2) is 18.7 Å². The van der Waals surface area contributed by atoms with Gasteiger partial charge in [0.25, 0.3) is 5.92 Å². The zero-order chi connectivity index (χ0) is 11.6. The van der Waals surface area contributed by atoms with Gasteiger partial charge >= 0.3 is 0 Å². The third-order valence-electron chi connectivity index (χ3n) is 4.14. The largest absolute Gasteiger partial charge is 0.251 e. The molecule has 5 heteroatoms. The first-order valence-electron chi connectivity index (χ1n) is 5.23. The number of hydrogen-bond acceptors (Lipinski definition) is 2. The predicted octanol–water partition coefficient (Wildman–Crippen LogP) is 3.21. The lowest BCUT2D eigenvalue weighted by Crippen LogP contribution is -2.70. The Morgan fingerprint density at radius 2 is 1.94 bits per heavy atom. The van der Waals surface area contributed by atoms with Crippen LogP contribution in [-0.2, 0) is 5.41 Å². The SMILES string of the molecule is CC(F)(F)C12CC(c3cc(Cl)ncn3)(C1)C2. The second-order valence-electron chi connectivity index (χ2n) is 5.21. The third-order valence-corrected chi connectivity index (χ3v) is 4.35. The van der Waals surface area contributed by atoms with Crippen molar-refractivity contribution in [2.24, 2.45) is 5.41 Å². The Hall–Kier alpha value is -0.770. The average molecular weight is 245 g/mol. The van der Waals surface area contributed by atoms with Crippen LogP contribution in [0.4, 0.5) is 8.78 Å². The molecule has 0 unspecified atom stereocenters. The maximum Gasteiger partial charge on any atom is 0.251 e. The summed E-state index contributed by atoms with van der Waals surface area (Å²) in [5.74, 6) is -2.58. The Labute approximate surface area is 97.0 Å². The summed E-state index contributed by atoms with van der Waals surface area (Å²) >= 11 is 5.77. The maximum absolute atomic E-state index is 13.3. The molecule has 16 heavy (non-hydrogen) atoms. The summed E-state index contributed by atoms with van der Waals surface area (Å²) in [7, 11) is 0. The van der Waals surface area contributed by atoms with Gasteiger partial charge in [-0.1, -0.05) is 11.6 Å². The van der Waals surface area contributed by atoms with E-state index in [1.807, 2.05) is 0 Å². The van der Waals surface area contributed by atoms with E-state index in [2.05, 4.69) is 9.97 Å². The van der Waals surface area contributed by atoms with Crippen molar-refractivity contribution in [2.45, 2.75) is 37.5 Å². The summed E-state index contributed by atoms with van der Waals surface area (Å²) in [6.07, 6.45) is 2.97. The molecule has 1 aromatic rings. The van der Waals surface area contributed by atoms with Crippen LogP contribution in [0.1, 0.15) is 31.9 Å². The van der Waals surface area contributed by atoms with E-state index in [4.69, 9.17) is 11.6 Å². The molecule has 1 heterocycles. The number of halogens is 3. The van der Waals surface area contributed by atoms with Crippen molar-refractivity contribution in [2.75, 3.05) is 0 Å². The molecule has 0 aliphatic heterocycles. The fourth-order valence-electron chi connectivity index (χ4n) is 3.15. The quantitative estimate of drug-likeness (QED) is 0.747. The summed E-state index contributed by atoms with van der Waals surface area (Å²) in [4.78, 5) is 7.95. The van der Waals surface area contributed by atoms with E-state index >= 15 is 0 Å². The van der Waals surface area contributed by atoms with Crippen molar-refractivity contribution in [3.63, 3.8) is 0 Å². The first-order valence-corrected chi connectivity index (χ1v) is 5.61. The molecular formula is C11H11ClF2N2. The average Bonchev–Trinajstić information content (AvgIpc) is 1.95. The van der Waals surface area contributed by atoms with E-state index < -0.39 is 11.3 Å². The minimum atomic E-state index is -2.58. The smallest absolute Gasteiger partial charge is 0.241 e. The first kappa shape index (κ1) is 10.4. The van der Waals surface area contributed by atoms with Crippen molar-refractivity contribution < 1.29 is 8.78 Å². The van der Waals surface area contributed by atoms with Crippen LogP contribution in [0.15, 0.2) is 12.4 Å². The van der Waals surface area contributed by atoms with Crippen LogP contribution in [0.3, 0.4) is 0 Å². The monoisotopic (exact) mass is 244 g/mol. The Bertz CT molecular complexity index is 436. The van der Waals surface area contributed by atoms with Crippen LogP contribution in [-0.4, -0.2) is 15.9 Å². The van der Waals surface area contributed by atoms with Gasteiger partial charge in [-0.05, 0) is 32.3 Å². The van der Waals surface area contributed by atoms with Crippen LogP contribution in [0.25, 0.3) is 0 Å². The van der Waals surface area contributed by atoms with E-state index in [1.165, 1.54) is 6.33 Å². The minimum Gasteiger partial charge on any atom is -0.241 e. The molecule has 86 valence electrons. The van der Waals surface area contributed by atoms with Gasteiger partial charge in [0.05, 0.1) is 5.69 Å². The molecule has 0 saturated heterocycles. The highest BCUT2D eigenvalue weighted by Crippen LogP contribution is 2.77. The van der Waals surface area contributed by atoms with Gasteiger partial charge in [-0.3, -0.25) is 0 Å². The van der Waals surface area contributed by atoms with Gasteiger partial charge in [0, 0.05) is 10.8 Å². The van der Waals surface area contributed by atoms with E-state index in [-0.39, 0.29) is 5.41 Å². The summed E-state index contributed by atoms with van der Waals surface area (Å²) < 4.78 is 26.6. The fraction of sp³-hybridized carbons (Fsp3) is 0.636. The molecule has 4 rings (SSSR count). The fourth-order valence-corrected chi connectivity index (χ4v) is 3.30. The summed E-state index contributed by atoms with van der Waals surface area (Å²) in [6, 6.07) is 1.69. The molecular weight excluding hydrogens is 234 g/mol. The summed E-state index contributed by atoms with van der Waals surface area (Å²) in [5, 5.41) is 0.382. The van der Waals surface area contributed by atoms with Gasteiger partial charge in [-0.15, -0.1) is 0 Å². The number of nitrogens with zero attached hydrogens (tertiary/aromatic N) is 2. The van der Waals surface area contributed by atoms with Crippen molar-refractivity contribution in [3.8, 4) is 0 Å². The van der Waals surface area contributed by atoms with Gasteiger partial charge in [0.1, 0.15) is 11.5 Å². The third kappa shape index (κ3) is 1.11. The lowest BCUT2D eigenvalue weighted by atomic mass is 9.32. The van der Waals surface area contributed by atoms with Gasteiger partial charge in [-0.2, -0.15) is 0 Å². The molecule has 0 aromatic carbocycles. The topological polar surface area (TPSA) is 25.8 Å². The molecule has 2 bridgehead atoms. The van der Waals surface area contributed by atoms with Crippen LogP contribution < -0.4 is 0 Å². The zero-order valence-corrected chi connectivity index (χ0v) is 9.56. The van der Waals surface area contributed by atoms with E-state index in [0.29, 0.717) is 24.4 Å². The summed E-state index contributed by atoms with van der Waals surface area (Å²) in [5.41, 5.74) is -0.102. The molecule has 1 aromatic heterocycles. The zero-order valence-electron chi connectivity index (χ0n) is 8.80. The molecule has 3 fully saturated rings. The molecule has 0 amide bonds. The molecule has 0 N–H and O–H groups in total. The second-order valence-corrected chi connectivity index (χ2v) is 5.59. The van der Waals surface area contributed by atoms with Crippen molar-refractivity contribution >= 4 is 11.6 Å².